The Hall–Kier alpha value is -1.62. The molecule has 0 saturated carbocycles. The Morgan fingerprint density at radius 2 is 2.22 bits per heavy atom. The van der Waals surface area contributed by atoms with Crippen molar-refractivity contribution in [3.63, 3.8) is 0 Å². The molecule has 1 saturated heterocycles. The first-order valence-electron chi connectivity index (χ1n) is 6.52. The van der Waals surface area contributed by atoms with Gasteiger partial charge in [0, 0.05) is 6.04 Å². The molecule has 0 aliphatic carbocycles. The molecule has 2 aromatic rings. The molecule has 0 spiro atoms. The molecule has 2 aromatic heterocycles. The molecule has 3 heterocycles. The van der Waals surface area contributed by atoms with Gasteiger partial charge in [-0.05, 0) is 45.4 Å². The number of nitrogens with zero attached hydrogens (tertiary/aromatic N) is 4. The summed E-state index contributed by atoms with van der Waals surface area (Å²) in [5.41, 5.74) is 7.35. The molecule has 18 heavy (non-hydrogen) atoms. The van der Waals surface area contributed by atoms with Crippen LogP contribution >= 0.6 is 0 Å². The summed E-state index contributed by atoms with van der Waals surface area (Å²) in [6.07, 6.45) is 4.19. The Labute approximate surface area is 107 Å². The van der Waals surface area contributed by atoms with Gasteiger partial charge >= 0.3 is 0 Å². The molecule has 0 amide bonds. The molecule has 1 aliphatic heterocycles. The highest BCUT2D eigenvalue weighted by Gasteiger charge is 2.30. The molecule has 0 aromatic carbocycles. The van der Waals surface area contributed by atoms with Crippen molar-refractivity contribution >= 4 is 11.3 Å². The number of fused-ring (bicyclic) bond motifs is 1. The van der Waals surface area contributed by atoms with Crippen molar-refractivity contribution in [1.82, 2.24) is 19.5 Å². The largest absolute Gasteiger partial charge is 0.397 e. The third-order valence-electron chi connectivity index (χ3n) is 3.63. The Kier molecular flexibility index (Phi) is 2.70. The Morgan fingerprint density at radius 3 is 3.00 bits per heavy atom. The van der Waals surface area contributed by atoms with Gasteiger partial charge in [0.25, 0.3) is 0 Å². The average molecular weight is 245 g/mol. The summed E-state index contributed by atoms with van der Waals surface area (Å²) in [5, 5.41) is 4.57. The number of hydrogen-bond acceptors (Lipinski definition) is 4. The van der Waals surface area contributed by atoms with Crippen molar-refractivity contribution in [3.8, 4) is 0 Å². The van der Waals surface area contributed by atoms with Gasteiger partial charge in [-0.2, -0.15) is 0 Å². The van der Waals surface area contributed by atoms with Crippen LogP contribution < -0.4 is 5.73 Å². The van der Waals surface area contributed by atoms with Gasteiger partial charge < -0.3 is 5.73 Å². The number of nitrogens with two attached hydrogens (primary N) is 1. The van der Waals surface area contributed by atoms with E-state index in [0.717, 1.165) is 24.4 Å². The molecule has 0 radical (unpaired) electrons. The van der Waals surface area contributed by atoms with E-state index in [9.17, 15) is 0 Å². The van der Waals surface area contributed by atoms with Crippen LogP contribution in [0.3, 0.4) is 0 Å². The quantitative estimate of drug-likeness (QED) is 0.877. The van der Waals surface area contributed by atoms with E-state index in [1.807, 2.05) is 18.3 Å². The maximum atomic E-state index is 5.76. The smallest absolute Gasteiger partial charge is 0.168 e. The zero-order valence-corrected chi connectivity index (χ0v) is 10.9. The number of pyridine rings is 1. The summed E-state index contributed by atoms with van der Waals surface area (Å²) >= 11 is 0. The summed E-state index contributed by atoms with van der Waals surface area (Å²) in [5.74, 6) is 0.923. The Morgan fingerprint density at radius 1 is 1.39 bits per heavy atom. The summed E-state index contributed by atoms with van der Waals surface area (Å²) < 4.78 is 1.78. The first-order valence-corrected chi connectivity index (χ1v) is 6.52. The van der Waals surface area contributed by atoms with Crippen LogP contribution in [0, 0.1) is 0 Å². The van der Waals surface area contributed by atoms with E-state index in [1.165, 1.54) is 6.42 Å². The highest BCUT2D eigenvalue weighted by atomic mass is 15.3. The number of likely N-dealkylation sites (tertiary alicyclic amines) is 1. The molecule has 5 nitrogen and oxygen atoms in total. The number of hydrogen-bond donors (Lipinski definition) is 1. The van der Waals surface area contributed by atoms with Crippen molar-refractivity contribution in [1.29, 1.82) is 0 Å². The molecule has 1 aliphatic rings. The fourth-order valence-electron chi connectivity index (χ4n) is 2.74. The third kappa shape index (κ3) is 1.84. The molecule has 5 heteroatoms. The molecule has 1 fully saturated rings. The lowest BCUT2D eigenvalue weighted by molar-refractivity contribution is 0.199. The highest BCUT2D eigenvalue weighted by molar-refractivity contribution is 5.46. The summed E-state index contributed by atoms with van der Waals surface area (Å²) in [7, 11) is 0. The number of nitrogen functional groups attached to an aromatic ring is 1. The fraction of sp³-hybridized carbons (Fsp3) is 0.538. The standard InChI is InChI=1S/C13H19N5/c1-9(2)17-7-3-4-11(17)13-15-12-6-5-10(14)8-18(12)16-13/h5-6,8-9,11H,3-4,7,14H2,1-2H3. The van der Waals surface area contributed by atoms with Crippen molar-refractivity contribution < 1.29 is 0 Å². The molecule has 0 bridgehead atoms. The van der Waals surface area contributed by atoms with Gasteiger partial charge in [-0.1, -0.05) is 0 Å². The van der Waals surface area contributed by atoms with E-state index < -0.39 is 0 Å². The van der Waals surface area contributed by atoms with E-state index in [-0.39, 0.29) is 0 Å². The molecular weight excluding hydrogens is 226 g/mol. The lowest BCUT2D eigenvalue weighted by atomic mass is 10.2. The van der Waals surface area contributed by atoms with Gasteiger partial charge in [-0.25, -0.2) is 9.50 Å². The normalized spacial score (nSPS) is 21.2. The Bertz CT molecular complexity index is 560. The van der Waals surface area contributed by atoms with Gasteiger partial charge in [0.05, 0.1) is 17.9 Å². The molecule has 1 atom stereocenters. The minimum absolute atomic E-state index is 0.353. The van der Waals surface area contributed by atoms with Crippen LogP contribution in [0.2, 0.25) is 0 Å². The molecule has 96 valence electrons. The van der Waals surface area contributed by atoms with Gasteiger partial charge in [-0.3, -0.25) is 4.90 Å². The monoisotopic (exact) mass is 245 g/mol. The second kappa shape index (κ2) is 4.24. The lowest BCUT2D eigenvalue weighted by Crippen LogP contribution is -2.30. The maximum Gasteiger partial charge on any atom is 0.168 e. The van der Waals surface area contributed by atoms with Crippen LogP contribution in [0.1, 0.15) is 38.6 Å². The van der Waals surface area contributed by atoms with Gasteiger partial charge in [0.15, 0.2) is 11.5 Å². The number of rotatable bonds is 2. The predicted molar refractivity (Wildman–Crippen MR) is 71.2 cm³/mol. The highest BCUT2D eigenvalue weighted by Crippen LogP contribution is 2.31. The fourth-order valence-corrected chi connectivity index (χ4v) is 2.74. The number of anilines is 1. The average Bonchev–Trinajstić information content (AvgIpc) is 2.93. The van der Waals surface area contributed by atoms with Crippen molar-refractivity contribution in [2.45, 2.75) is 38.8 Å². The topological polar surface area (TPSA) is 59.5 Å². The first-order chi connectivity index (χ1) is 8.65. The van der Waals surface area contributed by atoms with Crippen molar-refractivity contribution in [2.24, 2.45) is 0 Å². The van der Waals surface area contributed by atoms with Crippen molar-refractivity contribution in [3.05, 3.63) is 24.2 Å². The van der Waals surface area contributed by atoms with Crippen LogP contribution in [-0.2, 0) is 0 Å². The zero-order chi connectivity index (χ0) is 12.7. The van der Waals surface area contributed by atoms with E-state index in [0.29, 0.717) is 17.8 Å². The van der Waals surface area contributed by atoms with E-state index in [2.05, 4.69) is 28.8 Å². The number of aromatic nitrogens is 3. The minimum atomic E-state index is 0.353. The second-order valence-corrected chi connectivity index (χ2v) is 5.22. The SMILES string of the molecule is CC(C)N1CCCC1c1nc2ccc(N)cn2n1. The summed E-state index contributed by atoms with van der Waals surface area (Å²) in [4.78, 5) is 7.09. The molecular formula is C13H19N5. The van der Waals surface area contributed by atoms with E-state index >= 15 is 0 Å². The predicted octanol–water partition coefficient (Wildman–Crippen LogP) is 1.86. The third-order valence-corrected chi connectivity index (χ3v) is 3.63. The van der Waals surface area contributed by atoms with Crippen LogP contribution in [-0.4, -0.2) is 32.1 Å². The lowest BCUT2D eigenvalue weighted by Gasteiger charge is -2.25. The molecule has 2 N–H and O–H groups in total. The first kappa shape index (κ1) is 11.5. The van der Waals surface area contributed by atoms with E-state index in [4.69, 9.17) is 5.73 Å². The van der Waals surface area contributed by atoms with Gasteiger partial charge in [-0.15, -0.1) is 5.10 Å². The zero-order valence-electron chi connectivity index (χ0n) is 10.9. The molecule has 1 unspecified atom stereocenters. The maximum absolute atomic E-state index is 5.76. The van der Waals surface area contributed by atoms with Gasteiger partial charge in [0.1, 0.15) is 0 Å². The Balaban J connectivity index is 1.98. The summed E-state index contributed by atoms with van der Waals surface area (Å²) in [6.45, 7) is 5.60. The van der Waals surface area contributed by atoms with Crippen LogP contribution in [0.15, 0.2) is 18.3 Å². The van der Waals surface area contributed by atoms with Gasteiger partial charge in [0.2, 0.25) is 0 Å². The van der Waals surface area contributed by atoms with Crippen LogP contribution in [0.25, 0.3) is 5.65 Å². The second-order valence-electron chi connectivity index (χ2n) is 5.22. The van der Waals surface area contributed by atoms with Crippen LogP contribution in [0.4, 0.5) is 5.69 Å². The minimum Gasteiger partial charge on any atom is -0.397 e. The summed E-state index contributed by atoms with van der Waals surface area (Å²) in [6, 6.07) is 4.67. The van der Waals surface area contributed by atoms with Crippen molar-refractivity contribution in [2.75, 3.05) is 12.3 Å². The van der Waals surface area contributed by atoms with E-state index in [1.54, 1.807) is 4.52 Å². The van der Waals surface area contributed by atoms with Crippen LogP contribution in [0.5, 0.6) is 0 Å². The molecule has 3 rings (SSSR count).